The molecule has 1 rings (SSSR count). The fourth-order valence-electron chi connectivity index (χ4n) is 1.36. The molecule has 0 bridgehead atoms. The Kier molecular flexibility index (Phi) is 9.38. The molecule has 7 heteroatoms. The molecular weight excluding hydrogens is 279 g/mol. The molecule has 0 saturated heterocycles. The van der Waals surface area contributed by atoms with E-state index < -0.39 is 7.25 Å². The average molecular weight is 296 g/mol. The van der Waals surface area contributed by atoms with Crippen molar-refractivity contribution in [2.45, 2.75) is 25.7 Å². The molecule has 0 saturated carbocycles. The number of ketones is 1. The summed E-state index contributed by atoms with van der Waals surface area (Å²) >= 11 is 3.42. The molecule has 0 atom stereocenters. The largest absolute Gasteiger partial charge is 0.673 e. The van der Waals surface area contributed by atoms with Crippen LogP contribution in [0.3, 0.4) is 0 Å². The maximum absolute atomic E-state index is 11.6. The van der Waals surface area contributed by atoms with Gasteiger partial charge in [-0.15, -0.1) is 0 Å². The van der Waals surface area contributed by atoms with Crippen LogP contribution in [-0.2, 0) is 12.6 Å². The highest BCUT2D eigenvalue weighted by atomic mass is 32.1. The highest BCUT2D eigenvalue weighted by Crippen LogP contribution is 2.07. The van der Waals surface area contributed by atoms with Crippen LogP contribution < -0.4 is 0 Å². The molecule has 19 heavy (non-hydrogen) atoms. The Morgan fingerprint density at radius 3 is 2.00 bits per heavy atom. The quantitative estimate of drug-likeness (QED) is 0.257. The van der Waals surface area contributed by atoms with E-state index in [1.54, 1.807) is 0 Å². The Hall–Kier alpha value is -0.975. The van der Waals surface area contributed by atoms with Gasteiger partial charge < -0.3 is 17.3 Å². The Morgan fingerprint density at radius 1 is 1.00 bits per heavy atom. The van der Waals surface area contributed by atoms with Crippen molar-refractivity contribution in [1.82, 2.24) is 0 Å². The summed E-state index contributed by atoms with van der Waals surface area (Å²) in [6, 6.07) is 9.51. The summed E-state index contributed by atoms with van der Waals surface area (Å²) in [5.41, 5.74) is 0.839. The molecule has 0 aliphatic carbocycles. The lowest BCUT2D eigenvalue weighted by Crippen LogP contribution is -2.02. The van der Waals surface area contributed by atoms with Gasteiger partial charge in [0.15, 0.2) is 5.78 Å². The van der Waals surface area contributed by atoms with Crippen molar-refractivity contribution < 1.29 is 22.1 Å². The van der Waals surface area contributed by atoms with Crippen molar-refractivity contribution in [2.24, 2.45) is 0 Å². The van der Waals surface area contributed by atoms with Gasteiger partial charge in [0.05, 0.1) is 0 Å². The number of halogens is 4. The normalized spacial score (nSPS) is 10.6. The standard InChI is InChI=1S/C12H16OS.BF4/c13-12(9-5-2-6-10-14)11-7-3-1-4-8-11;2-1(3,4)5/h1,3-4,7-8,14H,2,5-6,9-10H2;/q;-1/p+1. The smallest absolute Gasteiger partial charge is 0.418 e. The van der Waals surface area contributed by atoms with Crippen molar-refractivity contribution in [2.75, 3.05) is 5.75 Å². The molecule has 0 amide bonds. The second-order valence-corrected chi connectivity index (χ2v) is 4.34. The Bertz CT molecular complexity index is 350. The SMILES string of the molecule is F[B-](F)(F)F.O=C(CCCCC[SH2+])c1ccccc1. The van der Waals surface area contributed by atoms with Gasteiger partial charge in [-0.1, -0.05) is 30.3 Å². The van der Waals surface area contributed by atoms with Crippen molar-refractivity contribution >= 4 is 25.7 Å². The first-order chi connectivity index (χ1) is 8.84. The Balaban J connectivity index is 0.000000555. The van der Waals surface area contributed by atoms with E-state index in [-0.39, 0.29) is 5.78 Å². The first kappa shape index (κ1) is 18.0. The molecule has 0 aromatic heterocycles. The zero-order valence-corrected chi connectivity index (χ0v) is 11.4. The van der Waals surface area contributed by atoms with Gasteiger partial charge in [-0.2, -0.15) is 0 Å². The fraction of sp³-hybridized carbons (Fsp3) is 0.417. The second-order valence-electron chi connectivity index (χ2n) is 3.84. The summed E-state index contributed by atoms with van der Waals surface area (Å²) in [5.74, 6) is 1.29. The number of Topliss-reactive ketones (excluding diaryl/α,β-unsaturated/α-hetero) is 1. The summed E-state index contributed by atoms with van der Waals surface area (Å²) < 4.78 is 39.0. The lowest BCUT2D eigenvalue weighted by atomic mass is 10.1. The first-order valence-electron chi connectivity index (χ1n) is 5.94. The maximum atomic E-state index is 11.6. The predicted molar refractivity (Wildman–Crippen MR) is 74.4 cm³/mol. The molecule has 1 nitrogen and oxygen atoms in total. The Labute approximate surface area is 115 Å². The van der Waals surface area contributed by atoms with Gasteiger partial charge in [0.2, 0.25) is 0 Å². The van der Waals surface area contributed by atoms with Crippen molar-refractivity contribution in [3.63, 3.8) is 0 Å². The van der Waals surface area contributed by atoms with Crippen molar-refractivity contribution in [1.29, 1.82) is 0 Å². The molecule has 108 valence electrons. The minimum atomic E-state index is -6.00. The van der Waals surface area contributed by atoms with E-state index >= 15 is 0 Å². The van der Waals surface area contributed by atoms with Gasteiger partial charge in [0, 0.05) is 12.0 Å². The van der Waals surface area contributed by atoms with Crippen LogP contribution in [0.2, 0.25) is 0 Å². The van der Waals surface area contributed by atoms with Crippen LogP contribution >= 0.6 is 0 Å². The van der Waals surface area contributed by atoms with Crippen LogP contribution in [0.4, 0.5) is 17.3 Å². The number of unbranched alkanes of at least 4 members (excludes halogenated alkanes) is 2. The van der Waals surface area contributed by atoms with Crippen molar-refractivity contribution in [3.05, 3.63) is 35.9 Å². The predicted octanol–water partition coefficient (Wildman–Crippen LogP) is 3.74. The molecule has 0 heterocycles. The van der Waals surface area contributed by atoms with E-state index in [0.717, 1.165) is 30.6 Å². The third kappa shape index (κ3) is 13.3. The van der Waals surface area contributed by atoms with Gasteiger partial charge in [-0.05, 0) is 31.9 Å². The molecule has 0 aliphatic heterocycles. The zero-order chi connectivity index (χ0) is 14.7. The van der Waals surface area contributed by atoms with Gasteiger partial charge in [0.1, 0.15) is 5.75 Å². The number of carbonyl (C=O) groups excluding carboxylic acids is 1. The third-order valence-corrected chi connectivity index (χ3v) is 2.53. The summed E-state index contributed by atoms with van der Waals surface area (Å²) in [6.07, 6.45) is 3.95. The molecule has 0 N–H and O–H groups in total. The molecule has 0 unspecified atom stereocenters. The first-order valence-corrected chi connectivity index (χ1v) is 6.65. The summed E-state index contributed by atoms with van der Waals surface area (Å²) in [4.78, 5) is 11.6. The van der Waals surface area contributed by atoms with Crippen LogP contribution in [0.25, 0.3) is 0 Å². The highest BCUT2D eigenvalue weighted by molar-refractivity contribution is 7.58. The van der Waals surface area contributed by atoms with E-state index in [4.69, 9.17) is 0 Å². The molecular formula is C12H17BF4OS. The molecule has 0 fully saturated rings. The van der Waals surface area contributed by atoms with Crippen LogP contribution in [0.15, 0.2) is 30.3 Å². The van der Waals surface area contributed by atoms with E-state index in [2.05, 4.69) is 12.6 Å². The van der Waals surface area contributed by atoms with Gasteiger partial charge in [-0.3, -0.25) is 4.79 Å². The van der Waals surface area contributed by atoms with Crippen LogP contribution in [0.1, 0.15) is 36.0 Å². The zero-order valence-electron chi connectivity index (χ0n) is 10.4. The third-order valence-electron chi connectivity index (χ3n) is 2.18. The second kappa shape index (κ2) is 9.89. The van der Waals surface area contributed by atoms with Crippen LogP contribution in [0, 0.1) is 0 Å². The van der Waals surface area contributed by atoms with Gasteiger partial charge >= 0.3 is 7.25 Å². The average Bonchev–Trinajstić information content (AvgIpc) is 2.33. The van der Waals surface area contributed by atoms with Crippen molar-refractivity contribution in [3.8, 4) is 0 Å². The number of rotatable bonds is 6. The minimum absolute atomic E-state index is 0.263. The van der Waals surface area contributed by atoms with Crippen LogP contribution in [-0.4, -0.2) is 18.8 Å². The minimum Gasteiger partial charge on any atom is -0.418 e. The monoisotopic (exact) mass is 296 g/mol. The fourth-order valence-corrected chi connectivity index (χ4v) is 1.61. The molecule has 0 spiro atoms. The summed E-state index contributed by atoms with van der Waals surface area (Å²) in [7, 11) is -6.00. The Morgan fingerprint density at radius 2 is 1.53 bits per heavy atom. The molecule has 1 aromatic carbocycles. The molecule has 1 aromatic rings. The maximum Gasteiger partial charge on any atom is 0.673 e. The summed E-state index contributed by atoms with van der Waals surface area (Å²) in [5, 5.41) is 0. The van der Waals surface area contributed by atoms with Crippen LogP contribution in [0.5, 0.6) is 0 Å². The topological polar surface area (TPSA) is 17.1 Å². The molecule has 0 aliphatic rings. The number of hydrogen-bond acceptors (Lipinski definition) is 1. The van der Waals surface area contributed by atoms with Gasteiger partial charge in [0.25, 0.3) is 0 Å². The summed E-state index contributed by atoms with van der Waals surface area (Å²) in [6.45, 7) is 0. The number of hydrogen-bond donors (Lipinski definition) is 0. The highest BCUT2D eigenvalue weighted by Gasteiger charge is 2.20. The number of carbonyl (C=O) groups is 1. The van der Waals surface area contributed by atoms with E-state index in [1.807, 2.05) is 30.3 Å². The van der Waals surface area contributed by atoms with E-state index in [1.165, 1.54) is 0 Å². The van der Waals surface area contributed by atoms with E-state index in [9.17, 15) is 22.1 Å². The molecule has 0 radical (unpaired) electrons. The number of benzene rings is 1. The lowest BCUT2D eigenvalue weighted by Gasteiger charge is -1.99. The lowest BCUT2D eigenvalue weighted by molar-refractivity contribution is 0.0979. The van der Waals surface area contributed by atoms with E-state index in [0.29, 0.717) is 6.42 Å². The van der Waals surface area contributed by atoms with Gasteiger partial charge in [-0.25, -0.2) is 0 Å².